The highest BCUT2D eigenvalue weighted by molar-refractivity contribution is 6.04. The number of nitrogens with one attached hydrogen (secondary N) is 3. The molecule has 0 saturated carbocycles. The zero-order chi connectivity index (χ0) is 15.1. The van der Waals surface area contributed by atoms with Crippen molar-refractivity contribution in [1.29, 1.82) is 0 Å². The molecule has 1 aromatic rings. The number of amides is 2. The molecule has 1 aliphatic rings. The number of anilines is 1. The molecule has 0 radical (unpaired) electrons. The van der Waals surface area contributed by atoms with Crippen molar-refractivity contribution >= 4 is 35.6 Å². The topological polar surface area (TPSA) is 82.6 Å². The SMILES string of the molecule is C=CCNCC(=O)Nc1ccc(C2=NNC(=O)CC2)cc1.Cl. The quantitative estimate of drug-likeness (QED) is 0.547. The summed E-state index contributed by atoms with van der Waals surface area (Å²) >= 11 is 0. The summed E-state index contributed by atoms with van der Waals surface area (Å²) in [6, 6.07) is 7.39. The fourth-order valence-corrected chi connectivity index (χ4v) is 1.92. The van der Waals surface area contributed by atoms with Gasteiger partial charge in [-0.3, -0.25) is 9.59 Å². The molecular formula is C15H19ClN4O2. The second kappa shape index (κ2) is 8.96. The van der Waals surface area contributed by atoms with Crippen LogP contribution in [0.25, 0.3) is 0 Å². The normalized spacial score (nSPS) is 13.5. The van der Waals surface area contributed by atoms with Crippen LogP contribution in [0, 0.1) is 0 Å². The van der Waals surface area contributed by atoms with E-state index in [2.05, 4.69) is 27.7 Å². The van der Waals surface area contributed by atoms with Gasteiger partial charge in [-0.05, 0) is 17.7 Å². The molecule has 1 aromatic carbocycles. The molecule has 0 aromatic heterocycles. The van der Waals surface area contributed by atoms with Crippen LogP contribution in [0.3, 0.4) is 0 Å². The summed E-state index contributed by atoms with van der Waals surface area (Å²) in [5.74, 6) is -0.165. The van der Waals surface area contributed by atoms with Gasteiger partial charge in [0, 0.05) is 25.1 Å². The summed E-state index contributed by atoms with van der Waals surface area (Å²) in [7, 11) is 0. The summed E-state index contributed by atoms with van der Waals surface area (Å²) in [6.07, 6.45) is 2.78. The molecule has 22 heavy (non-hydrogen) atoms. The van der Waals surface area contributed by atoms with E-state index in [0.717, 1.165) is 17.0 Å². The van der Waals surface area contributed by atoms with Crippen molar-refractivity contribution in [2.45, 2.75) is 12.8 Å². The van der Waals surface area contributed by atoms with Crippen LogP contribution in [0.15, 0.2) is 42.0 Å². The Kier molecular flexibility index (Phi) is 7.28. The lowest BCUT2D eigenvalue weighted by atomic mass is 10.0. The molecule has 1 heterocycles. The van der Waals surface area contributed by atoms with E-state index in [0.29, 0.717) is 19.4 Å². The first kappa shape index (κ1) is 17.9. The maximum absolute atomic E-state index is 11.6. The Labute approximate surface area is 135 Å². The fraction of sp³-hybridized carbons (Fsp3) is 0.267. The third kappa shape index (κ3) is 5.31. The molecule has 0 aliphatic carbocycles. The van der Waals surface area contributed by atoms with Gasteiger partial charge < -0.3 is 10.6 Å². The number of hydrogen-bond donors (Lipinski definition) is 3. The van der Waals surface area contributed by atoms with Gasteiger partial charge in [-0.25, -0.2) is 5.43 Å². The Morgan fingerprint density at radius 2 is 2.05 bits per heavy atom. The molecule has 2 rings (SSSR count). The van der Waals surface area contributed by atoms with E-state index in [1.54, 1.807) is 6.08 Å². The van der Waals surface area contributed by atoms with Gasteiger partial charge in [0.2, 0.25) is 11.8 Å². The number of hydrogen-bond acceptors (Lipinski definition) is 4. The molecule has 0 bridgehead atoms. The van der Waals surface area contributed by atoms with Crippen molar-refractivity contribution in [2.24, 2.45) is 5.10 Å². The van der Waals surface area contributed by atoms with Gasteiger partial charge in [-0.2, -0.15) is 5.10 Å². The smallest absolute Gasteiger partial charge is 0.240 e. The number of carbonyl (C=O) groups is 2. The lowest BCUT2D eigenvalue weighted by Crippen LogP contribution is -2.28. The van der Waals surface area contributed by atoms with Crippen LogP contribution in [0.5, 0.6) is 0 Å². The van der Waals surface area contributed by atoms with Gasteiger partial charge in [0.1, 0.15) is 0 Å². The Hall–Kier alpha value is -2.18. The predicted molar refractivity (Wildman–Crippen MR) is 89.3 cm³/mol. The van der Waals surface area contributed by atoms with Crippen LogP contribution < -0.4 is 16.1 Å². The molecule has 0 fully saturated rings. The number of rotatable bonds is 6. The lowest BCUT2D eigenvalue weighted by molar-refractivity contribution is -0.121. The maximum Gasteiger partial charge on any atom is 0.240 e. The molecule has 2 amide bonds. The molecule has 0 saturated heterocycles. The first-order valence-electron chi connectivity index (χ1n) is 6.76. The molecular weight excluding hydrogens is 304 g/mol. The summed E-state index contributed by atoms with van der Waals surface area (Å²) in [4.78, 5) is 22.7. The second-order valence-electron chi connectivity index (χ2n) is 4.64. The van der Waals surface area contributed by atoms with E-state index < -0.39 is 0 Å². The fourth-order valence-electron chi connectivity index (χ4n) is 1.92. The molecule has 118 valence electrons. The second-order valence-corrected chi connectivity index (χ2v) is 4.64. The average Bonchev–Trinajstić information content (AvgIpc) is 2.49. The Balaban J connectivity index is 0.00000242. The van der Waals surface area contributed by atoms with Crippen LogP contribution >= 0.6 is 12.4 Å². The zero-order valence-electron chi connectivity index (χ0n) is 12.1. The van der Waals surface area contributed by atoms with E-state index in [1.165, 1.54) is 0 Å². The van der Waals surface area contributed by atoms with Crippen molar-refractivity contribution < 1.29 is 9.59 Å². The van der Waals surface area contributed by atoms with Crippen LogP contribution in [0.4, 0.5) is 5.69 Å². The van der Waals surface area contributed by atoms with Gasteiger partial charge in [0.15, 0.2) is 0 Å². The van der Waals surface area contributed by atoms with Crippen molar-refractivity contribution in [1.82, 2.24) is 10.7 Å². The minimum atomic E-state index is -0.105. The minimum Gasteiger partial charge on any atom is -0.325 e. The largest absolute Gasteiger partial charge is 0.325 e. The first-order chi connectivity index (χ1) is 10.2. The minimum absolute atomic E-state index is 0. The Morgan fingerprint density at radius 3 is 2.64 bits per heavy atom. The zero-order valence-corrected chi connectivity index (χ0v) is 12.9. The van der Waals surface area contributed by atoms with Gasteiger partial charge in [0.25, 0.3) is 0 Å². The van der Waals surface area contributed by atoms with Gasteiger partial charge >= 0.3 is 0 Å². The number of hydrazone groups is 1. The van der Waals surface area contributed by atoms with E-state index in [9.17, 15) is 9.59 Å². The van der Waals surface area contributed by atoms with Gasteiger partial charge in [-0.15, -0.1) is 19.0 Å². The number of carbonyl (C=O) groups excluding carboxylic acids is 2. The molecule has 1 aliphatic heterocycles. The van der Waals surface area contributed by atoms with Crippen LogP contribution in [-0.2, 0) is 9.59 Å². The molecule has 3 N–H and O–H groups in total. The number of benzene rings is 1. The van der Waals surface area contributed by atoms with E-state index in [-0.39, 0.29) is 30.8 Å². The van der Waals surface area contributed by atoms with Crippen molar-refractivity contribution in [2.75, 3.05) is 18.4 Å². The monoisotopic (exact) mass is 322 g/mol. The Bertz CT molecular complexity index is 569. The average molecular weight is 323 g/mol. The van der Waals surface area contributed by atoms with E-state index in [4.69, 9.17) is 0 Å². The highest BCUT2D eigenvalue weighted by Crippen LogP contribution is 2.14. The highest BCUT2D eigenvalue weighted by atomic mass is 35.5. The number of halogens is 1. The summed E-state index contributed by atoms with van der Waals surface area (Å²) in [5.41, 5.74) is 4.99. The lowest BCUT2D eigenvalue weighted by Gasteiger charge is -2.12. The van der Waals surface area contributed by atoms with Gasteiger partial charge in [-0.1, -0.05) is 18.2 Å². The van der Waals surface area contributed by atoms with Crippen LogP contribution in [0.1, 0.15) is 18.4 Å². The van der Waals surface area contributed by atoms with E-state index >= 15 is 0 Å². The molecule has 6 nitrogen and oxygen atoms in total. The number of nitrogens with zero attached hydrogens (tertiary/aromatic N) is 1. The van der Waals surface area contributed by atoms with Crippen molar-refractivity contribution in [3.63, 3.8) is 0 Å². The molecule has 0 atom stereocenters. The van der Waals surface area contributed by atoms with Crippen molar-refractivity contribution in [3.8, 4) is 0 Å². The summed E-state index contributed by atoms with van der Waals surface area (Å²) < 4.78 is 0. The molecule has 0 spiro atoms. The van der Waals surface area contributed by atoms with Crippen molar-refractivity contribution in [3.05, 3.63) is 42.5 Å². The maximum atomic E-state index is 11.6. The summed E-state index contributed by atoms with van der Waals surface area (Å²) in [6.45, 7) is 4.41. The third-order valence-corrected chi connectivity index (χ3v) is 2.98. The van der Waals surface area contributed by atoms with Gasteiger partial charge in [0.05, 0.1) is 12.3 Å². The van der Waals surface area contributed by atoms with Crippen LogP contribution in [-0.4, -0.2) is 30.6 Å². The molecule has 7 heteroatoms. The Morgan fingerprint density at radius 1 is 1.32 bits per heavy atom. The van der Waals surface area contributed by atoms with E-state index in [1.807, 2.05) is 24.3 Å². The third-order valence-electron chi connectivity index (χ3n) is 2.98. The molecule has 0 unspecified atom stereocenters. The first-order valence-corrected chi connectivity index (χ1v) is 6.76. The predicted octanol–water partition coefficient (Wildman–Crippen LogP) is 1.44. The van der Waals surface area contributed by atoms with Crippen LogP contribution in [0.2, 0.25) is 0 Å². The summed E-state index contributed by atoms with van der Waals surface area (Å²) in [5, 5.41) is 9.76. The standard InChI is InChI=1S/C15H18N4O2.ClH/c1-2-9-16-10-15(21)17-12-5-3-11(4-6-12)13-7-8-14(20)19-18-13;/h2-6,16H,1,7-10H2,(H,17,21)(H,19,20);1H. The highest BCUT2D eigenvalue weighted by Gasteiger charge is 2.13.